The van der Waals surface area contributed by atoms with E-state index in [1.165, 1.54) is 0 Å². The minimum atomic E-state index is -1.52. The summed E-state index contributed by atoms with van der Waals surface area (Å²) in [7, 11) is 0. The van der Waals surface area contributed by atoms with E-state index in [1.54, 1.807) is 6.07 Å². The fourth-order valence-electron chi connectivity index (χ4n) is 0.433. The van der Waals surface area contributed by atoms with Crippen molar-refractivity contribution in [3.05, 3.63) is 12.2 Å². The standard InChI is InChI=1S/C7H7N3O4/c8-4-3-6(12)10-9-5(11)1-2-7(13)14/h1-2H,3H2,(H,9,11)(H,10,12)(H,13,14)/p-1/b2-1+. The van der Waals surface area contributed by atoms with Crippen LogP contribution in [0.4, 0.5) is 0 Å². The van der Waals surface area contributed by atoms with Crippen LogP contribution in [0.2, 0.25) is 0 Å². The number of amides is 2. The molecule has 7 nitrogen and oxygen atoms in total. The van der Waals surface area contributed by atoms with E-state index >= 15 is 0 Å². The topological polar surface area (TPSA) is 122 Å². The van der Waals surface area contributed by atoms with Crippen LogP contribution >= 0.6 is 0 Å². The van der Waals surface area contributed by atoms with Gasteiger partial charge in [-0.15, -0.1) is 0 Å². The molecule has 0 rings (SSSR count). The van der Waals surface area contributed by atoms with Crippen LogP contribution in [-0.2, 0) is 14.4 Å². The molecule has 0 heterocycles. The van der Waals surface area contributed by atoms with Crippen LogP contribution in [0.25, 0.3) is 0 Å². The van der Waals surface area contributed by atoms with E-state index in [2.05, 4.69) is 0 Å². The first-order chi connectivity index (χ1) is 6.56. The maximum Gasteiger partial charge on any atom is 0.262 e. The molecule has 0 bridgehead atoms. The fourth-order valence-corrected chi connectivity index (χ4v) is 0.433. The Morgan fingerprint density at radius 3 is 2.43 bits per heavy atom. The van der Waals surface area contributed by atoms with Gasteiger partial charge in [-0.25, -0.2) is 0 Å². The highest BCUT2D eigenvalue weighted by atomic mass is 16.4. The van der Waals surface area contributed by atoms with E-state index in [1.807, 2.05) is 10.9 Å². The van der Waals surface area contributed by atoms with Gasteiger partial charge in [0.25, 0.3) is 11.8 Å². The Labute approximate surface area is 79.0 Å². The molecule has 0 fully saturated rings. The number of hydrogen-bond acceptors (Lipinski definition) is 5. The van der Waals surface area contributed by atoms with Crippen LogP contribution in [0.3, 0.4) is 0 Å². The summed E-state index contributed by atoms with van der Waals surface area (Å²) in [5, 5.41) is 17.9. The summed E-state index contributed by atoms with van der Waals surface area (Å²) in [6.45, 7) is 0. The molecule has 0 unspecified atom stereocenters. The van der Waals surface area contributed by atoms with E-state index < -0.39 is 24.2 Å². The van der Waals surface area contributed by atoms with Crippen LogP contribution in [0, 0.1) is 11.3 Å². The number of nitrogens with one attached hydrogen (secondary N) is 2. The lowest BCUT2D eigenvalue weighted by atomic mass is 10.4. The van der Waals surface area contributed by atoms with Crippen molar-refractivity contribution in [2.45, 2.75) is 6.42 Å². The molecule has 74 valence electrons. The number of aliphatic carboxylic acids is 1. The van der Waals surface area contributed by atoms with Crippen molar-refractivity contribution in [1.82, 2.24) is 10.9 Å². The monoisotopic (exact) mass is 196 g/mol. The molecular formula is C7H6N3O4-. The first-order valence-electron chi connectivity index (χ1n) is 3.41. The van der Waals surface area contributed by atoms with Gasteiger partial charge in [-0.3, -0.25) is 20.4 Å². The predicted molar refractivity (Wildman–Crippen MR) is 40.7 cm³/mol. The third kappa shape index (κ3) is 6.36. The average Bonchev–Trinajstić information content (AvgIpc) is 2.12. The molecule has 0 spiro atoms. The van der Waals surface area contributed by atoms with Crippen molar-refractivity contribution >= 4 is 17.8 Å². The summed E-state index contributed by atoms with van der Waals surface area (Å²) in [6.07, 6.45) is 0.776. The number of rotatable bonds is 3. The van der Waals surface area contributed by atoms with E-state index in [0.717, 1.165) is 0 Å². The second-order valence-electron chi connectivity index (χ2n) is 2.02. The van der Waals surface area contributed by atoms with Crippen LogP contribution in [0.15, 0.2) is 12.2 Å². The molecule has 7 heteroatoms. The van der Waals surface area contributed by atoms with Crippen molar-refractivity contribution in [2.75, 3.05) is 0 Å². The van der Waals surface area contributed by atoms with Crippen molar-refractivity contribution in [3.8, 4) is 6.07 Å². The molecule has 0 aliphatic rings. The van der Waals surface area contributed by atoms with Crippen molar-refractivity contribution < 1.29 is 19.5 Å². The molecule has 0 saturated heterocycles. The average molecular weight is 196 g/mol. The summed E-state index contributed by atoms with van der Waals surface area (Å²) in [5.74, 6) is -3.05. The molecule has 0 aliphatic carbocycles. The maximum atomic E-state index is 10.7. The summed E-state index contributed by atoms with van der Waals surface area (Å²) >= 11 is 0. The molecule has 0 aliphatic heterocycles. The molecule has 0 saturated carbocycles. The highest BCUT2D eigenvalue weighted by molar-refractivity contribution is 5.94. The number of carbonyl (C=O) groups is 3. The van der Waals surface area contributed by atoms with E-state index in [0.29, 0.717) is 12.2 Å². The molecule has 0 aromatic carbocycles. The third-order valence-electron chi connectivity index (χ3n) is 0.936. The van der Waals surface area contributed by atoms with Crippen molar-refractivity contribution in [3.63, 3.8) is 0 Å². The zero-order valence-electron chi connectivity index (χ0n) is 6.94. The lowest BCUT2D eigenvalue weighted by molar-refractivity contribution is -0.297. The largest absolute Gasteiger partial charge is 0.545 e. The second-order valence-corrected chi connectivity index (χ2v) is 2.02. The molecule has 0 atom stereocenters. The van der Waals surface area contributed by atoms with Gasteiger partial charge in [0.1, 0.15) is 6.42 Å². The van der Waals surface area contributed by atoms with Gasteiger partial charge >= 0.3 is 0 Å². The zero-order chi connectivity index (χ0) is 11.0. The first-order valence-corrected chi connectivity index (χ1v) is 3.41. The Morgan fingerprint density at radius 2 is 1.93 bits per heavy atom. The van der Waals surface area contributed by atoms with E-state index in [4.69, 9.17) is 5.26 Å². The number of hydrogen-bond donors (Lipinski definition) is 2. The van der Waals surface area contributed by atoms with Crippen LogP contribution in [0.1, 0.15) is 6.42 Å². The Bertz CT molecular complexity index is 315. The fraction of sp³-hybridized carbons (Fsp3) is 0.143. The lowest BCUT2D eigenvalue weighted by Gasteiger charge is -2.01. The number of carboxylic acid groups (broad SMARTS) is 1. The van der Waals surface area contributed by atoms with Crippen molar-refractivity contribution in [2.24, 2.45) is 0 Å². The number of carbonyl (C=O) groups excluding carboxylic acids is 3. The highest BCUT2D eigenvalue weighted by Gasteiger charge is 1.99. The SMILES string of the molecule is N#CCC(=O)NNC(=O)/C=C/C(=O)[O-]. The van der Waals surface area contributed by atoms with Gasteiger partial charge in [-0.05, 0) is 6.08 Å². The van der Waals surface area contributed by atoms with Gasteiger partial charge in [-0.1, -0.05) is 0 Å². The lowest BCUT2D eigenvalue weighted by Crippen LogP contribution is -2.40. The van der Waals surface area contributed by atoms with Gasteiger partial charge in [0.05, 0.1) is 12.0 Å². The highest BCUT2D eigenvalue weighted by Crippen LogP contribution is 1.74. The smallest absolute Gasteiger partial charge is 0.262 e. The van der Waals surface area contributed by atoms with Gasteiger partial charge in [0, 0.05) is 6.08 Å². The number of nitriles is 1. The van der Waals surface area contributed by atoms with E-state index in [-0.39, 0.29) is 0 Å². The number of carboxylic acids is 1. The quantitative estimate of drug-likeness (QED) is 0.377. The second kappa shape index (κ2) is 6.19. The van der Waals surface area contributed by atoms with E-state index in [9.17, 15) is 19.5 Å². The molecule has 2 N–H and O–H groups in total. The first kappa shape index (κ1) is 11.6. The summed E-state index contributed by atoms with van der Waals surface area (Å²) in [6, 6.07) is 1.56. The molecule has 2 amide bonds. The van der Waals surface area contributed by atoms with Gasteiger partial charge < -0.3 is 9.90 Å². The third-order valence-corrected chi connectivity index (χ3v) is 0.936. The van der Waals surface area contributed by atoms with Crippen LogP contribution in [0.5, 0.6) is 0 Å². The molecule has 0 aromatic rings. The van der Waals surface area contributed by atoms with Crippen molar-refractivity contribution in [1.29, 1.82) is 5.26 Å². The maximum absolute atomic E-state index is 10.7. The molecule has 14 heavy (non-hydrogen) atoms. The predicted octanol–water partition coefficient (Wildman–Crippen LogP) is -2.65. The number of hydrazine groups is 1. The Kier molecular flexibility index (Phi) is 5.15. The molecule has 0 radical (unpaired) electrons. The minimum Gasteiger partial charge on any atom is -0.545 e. The Balaban J connectivity index is 3.81. The Morgan fingerprint density at radius 1 is 1.29 bits per heavy atom. The van der Waals surface area contributed by atoms with Crippen LogP contribution < -0.4 is 16.0 Å². The number of nitrogens with zero attached hydrogens (tertiary/aromatic N) is 1. The summed E-state index contributed by atoms with van der Waals surface area (Å²) < 4.78 is 0. The molecular weight excluding hydrogens is 190 g/mol. The summed E-state index contributed by atoms with van der Waals surface area (Å²) in [4.78, 5) is 31.1. The van der Waals surface area contributed by atoms with Gasteiger partial charge in [-0.2, -0.15) is 5.26 Å². The van der Waals surface area contributed by atoms with Gasteiger partial charge in [0.15, 0.2) is 0 Å². The normalized spacial score (nSPS) is 9.07. The van der Waals surface area contributed by atoms with Gasteiger partial charge in [0.2, 0.25) is 0 Å². The summed E-state index contributed by atoms with van der Waals surface area (Å²) in [5.41, 5.74) is 3.74. The minimum absolute atomic E-state index is 0.398. The molecule has 0 aromatic heterocycles. The zero-order valence-corrected chi connectivity index (χ0v) is 6.94. The Hall–Kier alpha value is -2.36. The van der Waals surface area contributed by atoms with Crippen LogP contribution in [-0.4, -0.2) is 17.8 Å².